The summed E-state index contributed by atoms with van der Waals surface area (Å²) in [7, 11) is 1.99. The molecule has 3 aromatic rings. The number of rotatable bonds is 3. The molecule has 0 spiro atoms. The van der Waals surface area contributed by atoms with Crippen molar-refractivity contribution in [3.63, 3.8) is 0 Å². The van der Waals surface area contributed by atoms with Gasteiger partial charge in [0.25, 0.3) is 0 Å². The fourth-order valence-corrected chi connectivity index (χ4v) is 3.31. The molecule has 2 N–H and O–H groups in total. The molecule has 0 fully saturated rings. The highest BCUT2D eigenvalue weighted by atomic mass is 32.1. The third-order valence-electron chi connectivity index (χ3n) is 2.75. The number of aromatic nitrogens is 3. The van der Waals surface area contributed by atoms with E-state index in [4.69, 9.17) is 5.73 Å². The number of thiazole rings is 1. The predicted octanol–water partition coefficient (Wildman–Crippen LogP) is 2.67. The van der Waals surface area contributed by atoms with Gasteiger partial charge >= 0.3 is 0 Å². The van der Waals surface area contributed by atoms with Gasteiger partial charge in [-0.05, 0) is 18.4 Å². The molecule has 0 aliphatic rings. The number of hydrogen-bond donors (Lipinski definition) is 1. The van der Waals surface area contributed by atoms with E-state index in [0.29, 0.717) is 12.5 Å². The van der Waals surface area contributed by atoms with Gasteiger partial charge < -0.3 is 10.6 Å². The number of nitrogens with zero attached hydrogens (tertiary/aromatic N) is 4. The Morgan fingerprint density at radius 3 is 2.84 bits per heavy atom. The van der Waals surface area contributed by atoms with Gasteiger partial charge in [-0.1, -0.05) is 0 Å². The summed E-state index contributed by atoms with van der Waals surface area (Å²) in [4.78, 5) is 16.0. The average Bonchev–Trinajstić information content (AvgIpc) is 2.96. The van der Waals surface area contributed by atoms with Gasteiger partial charge in [0.05, 0.1) is 22.6 Å². The molecular formula is C12H13N5S2. The Morgan fingerprint density at radius 2 is 2.11 bits per heavy atom. The van der Waals surface area contributed by atoms with Gasteiger partial charge in [-0.25, -0.2) is 9.97 Å². The van der Waals surface area contributed by atoms with Crippen molar-refractivity contribution in [2.24, 2.45) is 0 Å². The minimum atomic E-state index is 0.311. The summed E-state index contributed by atoms with van der Waals surface area (Å²) in [6, 6.07) is 2.03. The summed E-state index contributed by atoms with van der Waals surface area (Å²) < 4.78 is 0. The van der Waals surface area contributed by atoms with E-state index >= 15 is 0 Å². The Kier molecular flexibility index (Phi) is 3.08. The van der Waals surface area contributed by atoms with Crippen molar-refractivity contribution in [2.45, 2.75) is 13.5 Å². The highest BCUT2D eigenvalue weighted by Crippen LogP contribution is 2.28. The van der Waals surface area contributed by atoms with Crippen LogP contribution in [-0.4, -0.2) is 22.0 Å². The zero-order valence-corrected chi connectivity index (χ0v) is 12.3. The van der Waals surface area contributed by atoms with Gasteiger partial charge in [0.15, 0.2) is 0 Å². The molecule has 0 bridgehead atoms. The van der Waals surface area contributed by atoms with Crippen molar-refractivity contribution in [3.05, 3.63) is 27.5 Å². The molecule has 0 unspecified atom stereocenters. The monoisotopic (exact) mass is 291 g/mol. The minimum absolute atomic E-state index is 0.311. The Bertz CT molecular complexity index is 718. The molecule has 0 atom stereocenters. The van der Waals surface area contributed by atoms with E-state index < -0.39 is 0 Å². The highest BCUT2D eigenvalue weighted by molar-refractivity contribution is 7.16. The standard InChI is InChI=1S/C12H13N5S2/c1-7-14-8(6-19-7)5-17(2)10-9-3-4-18-11(9)16-12(13)15-10/h3-4,6H,5H2,1-2H3,(H2,13,15,16). The summed E-state index contributed by atoms with van der Waals surface area (Å²) in [5, 5.41) is 6.18. The Balaban J connectivity index is 1.96. The number of fused-ring (bicyclic) bond motifs is 1. The molecule has 0 aliphatic carbocycles. The molecule has 0 aliphatic heterocycles. The van der Waals surface area contributed by atoms with Gasteiger partial charge in [-0.3, -0.25) is 0 Å². The molecule has 7 heteroatoms. The normalized spacial score (nSPS) is 11.1. The molecule has 3 aromatic heterocycles. The van der Waals surface area contributed by atoms with Crippen LogP contribution in [0.4, 0.5) is 11.8 Å². The van der Waals surface area contributed by atoms with Crippen LogP contribution in [0.25, 0.3) is 10.2 Å². The highest BCUT2D eigenvalue weighted by Gasteiger charge is 2.12. The van der Waals surface area contributed by atoms with E-state index in [1.807, 2.05) is 25.4 Å². The van der Waals surface area contributed by atoms with Crippen molar-refractivity contribution >= 4 is 44.7 Å². The fourth-order valence-electron chi connectivity index (χ4n) is 1.95. The minimum Gasteiger partial charge on any atom is -0.368 e. The van der Waals surface area contributed by atoms with Crippen molar-refractivity contribution in [1.82, 2.24) is 15.0 Å². The molecule has 0 radical (unpaired) electrons. The van der Waals surface area contributed by atoms with Crippen LogP contribution in [-0.2, 0) is 6.54 Å². The van der Waals surface area contributed by atoms with Crippen molar-refractivity contribution in [2.75, 3.05) is 17.7 Å². The predicted molar refractivity (Wildman–Crippen MR) is 80.8 cm³/mol. The lowest BCUT2D eigenvalue weighted by Gasteiger charge is -2.17. The van der Waals surface area contributed by atoms with Crippen LogP contribution < -0.4 is 10.6 Å². The Morgan fingerprint density at radius 1 is 1.26 bits per heavy atom. The Labute approximate surface area is 118 Å². The largest absolute Gasteiger partial charge is 0.368 e. The second kappa shape index (κ2) is 4.75. The van der Waals surface area contributed by atoms with E-state index in [9.17, 15) is 0 Å². The molecule has 0 aromatic carbocycles. The SMILES string of the molecule is Cc1nc(CN(C)c2nc(N)nc3sccc23)cs1. The van der Waals surface area contributed by atoms with Crippen molar-refractivity contribution < 1.29 is 0 Å². The topological polar surface area (TPSA) is 67.9 Å². The zero-order chi connectivity index (χ0) is 13.4. The van der Waals surface area contributed by atoms with Crippen LogP contribution in [0.5, 0.6) is 0 Å². The summed E-state index contributed by atoms with van der Waals surface area (Å²) in [5.74, 6) is 1.17. The summed E-state index contributed by atoms with van der Waals surface area (Å²) in [6.45, 7) is 2.72. The summed E-state index contributed by atoms with van der Waals surface area (Å²) >= 11 is 3.23. The van der Waals surface area contributed by atoms with Crippen LogP contribution in [0.2, 0.25) is 0 Å². The van der Waals surface area contributed by atoms with Crippen LogP contribution in [0, 0.1) is 6.92 Å². The molecule has 5 nitrogen and oxygen atoms in total. The second-order valence-electron chi connectivity index (χ2n) is 4.26. The third kappa shape index (κ3) is 2.39. The summed E-state index contributed by atoms with van der Waals surface area (Å²) in [5.41, 5.74) is 6.81. The molecular weight excluding hydrogens is 278 g/mol. The maximum atomic E-state index is 5.76. The number of hydrogen-bond acceptors (Lipinski definition) is 7. The first kappa shape index (κ1) is 12.3. The number of aryl methyl sites for hydroxylation is 1. The number of nitrogen functional groups attached to an aromatic ring is 1. The van der Waals surface area contributed by atoms with Gasteiger partial charge in [-0.2, -0.15) is 4.98 Å². The number of anilines is 2. The molecule has 98 valence electrons. The van der Waals surface area contributed by atoms with Crippen LogP contribution in [0.3, 0.4) is 0 Å². The van der Waals surface area contributed by atoms with Gasteiger partial charge in [0, 0.05) is 12.4 Å². The molecule has 19 heavy (non-hydrogen) atoms. The van der Waals surface area contributed by atoms with Gasteiger partial charge in [-0.15, -0.1) is 22.7 Å². The molecule has 3 heterocycles. The average molecular weight is 291 g/mol. The first-order valence-corrected chi connectivity index (χ1v) is 7.52. The van der Waals surface area contributed by atoms with E-state index in [-0.39, 0.29) is 0 Å². The van der Waals surface area contributed by atoms with Crippen LogP contribution in [0.15, 0.2) is 16.8 Å². The number of nitrogens with two attached hydrogens (primary N) is 1. The smallest absolute Gasteiger partial charge is 0.223 e. The molecule has 0 saturated heterocycles. The van der Waals surface area contributed by atoms with Crippen LogP contribution >= 0.6 is 22.7 Å². The van der Waals surface area contributed by atoms with Gasteiger partial charge in [0.2, 0.25) is 5.95 Å². The third-order valence-corrected chi connectivity index (χ3v) is 4.38. The van der Waals surface area contributed by atoms with Crippen molar-refractivity contribution in [3.8, 4) is 0 Å². The van der Waals surface area contributed by atoms with E-state index in [2.05, 4.69) is 25.2 Å². The Hall–Kier alpha value is -1.73. The van der Waals surface area contributed by atoms with Gasteiger partial charge in [0.1, 0.15) is 10.6 Å². The fraction of sp³-hybridized carbons (Fsp3) is 0.250. The molecule has 3 rings (SSSR count). The quantitative estimate of drug-likeness (QED) is 0.803. The lowest BCUT2D eigenvalue weighted by Crippen LogP contribution is -2.19. The lowest BCUT2D eigenvalue weighted by molar-refractivity contribution is 0.874. The summed E-state index contributed by atoms with van der Waals surface area (Å²) in [6.07, 6.45) is 0. The second-order valence-corrected chi connectivity index (χ2v) is 6.22. The van der Waals surface area contributed by atoms with E-state index in [1.54, 1.807) is 22.7 Å². The van der Waals surface area contributed by atoms with E-state index in [1.165, 1.54) is 0 Å². The lowest BCUT2D eigenvalue weighted by atomic mass is 10.3. The maximum absolute atomic E-state index is 5.76. The maximum Gasteiger partial charge on any atom is 0.223 e. The van der Waals surface area contributed by atoms with Crippen molar-refractivity contribution in [1.29, 1.82) is 0 Å². The molecule has 0 saturated carbocycles. The zero-order valence-electron chi connectivity index (χ0n) is 10.6. The number of thiophene rings is 1. The molecule has 0 amide bonds. The first-order chi connectivity index (χ1) is 9.13. The van der Waals surface area contributed by atoms with E-state index in [0.717, 1.165) is 26.7 Å². The first-order valence-electron chi connectivity index (χ1n) is 5.76. The van der Waals surface area contributed by atoms with Crippen LogP contribution in [0.1, 0.15) is 10.7 Å².